The van der Waals surface area contributed by atoms with Crippen LogP contribution in [0.1, 0.15) is 19.4 Å². The number of nitro groups is 1. The van der Waals surface area contributed by atoms with Crippen LogP contribution in [0.3, 0.4) is 0 Å². The Morgan fingerprint density at radius 3 is 2.67 bits per heavy atom. The smallest absolute Gasteiger partial charge is 0.310 e. The van der Waals surface area contributed by atoms with E-state index in [9.17, 15) is 10.1 Å². The van der Waals surface area contributed by atoms with Crippen molar-refractivity contribution in [2.24, 2.45) is 0 Å². The SMILES string of the molecule is CC(C)OCCOc1cc(CCl)ccc1[N+](=O)[O-]. The Balaban J connectivity index is 2.69. The molecule has 0 radical (unpaired) electrons. The molecule has 6 heteroatoms. The third kappa shape index (κ3) is 4.50. The second-order valence-electron chi connectivity index (χ2n) is 3.96. The quantitative estimate of drug-likeness (QED) is 0.331. The number of nitro benzene ring substituents is 1. The van der Waals surface area contributed by atoms with Crippen LogP contribution >= 0.6 is 11.6 Å². The lowest BCUT2D eigenvalue weighted by Crippen LogP contribution is -2.12. The molecule has 0 atom stereocenters. The summed E-state index contributed by atoms with van der Waals surface area (Å²) in [5, 5.41) is 10.8. The minimum absolute atomic E-state index is 0.0617. The lowest BCUT2D eigenvalue weighted by atomic mass is 10.2. The Morgan fingerprint density at radius 2 is 2.11 bits per heavy atom. The van der Waals surface area contributed by atoms with Crippen molar-refractivity contribution < 1.29 is 14.4 Å². The molecule has 5 nitrogen and oxygen atoms in total. The van der Waals surface area contributed by atoms with Gasteiger partial charge in [-0.2, -0.15) is 0 Å². The second-order valence-corrected chi connectivity index (χ2v) is 4.23. The van der Waals surface area contributed by atoms with Crippen molar-refractivity contribution in [2.45, 2.75) is 25.8 Å². The number of nitrogens with zero attached hydrogens (tertiary/aromatic N) is 1. The molecular formula is C12H16ClNO4. The van der Waals surface area contributed by atoms with E-state index < -0.39 is 4.92 Å². The van der Waals surface area contributed by atoms with E-state index in [0.29, 0.717) is 6.61 Å². The molecule has 18 heavy (non-hydrogen) atoms. The number of hydrogen-bond donors (Lipinski definition) is 0. The van der Waals surface area contributed by atoms with Crippen LogP contribution in [-0.4, -0.2) is 24.2 Å². The summed E-state index contributed by atoms with van der Waals surface area (Å²) in [6.45, 7) is 4.48. The van der Waals surface area contributed by atoms with Crippen LogP contribution in [0, 0.1) is 10.1 Å². The van der Waals surface area contributed by atoms with E-state index in [2.05, 4.69) is 0 Å². The minimum atomic E-state index is -0.476. The molecule has 0 unspecified atom stereocenters. The van der Waals surface area contributed by atoms with Gasteiger partial charge in [0.25, 0.3) is 0 Å². The Bertz CT molecular complexity index is 409. The summed E-state index contributed by atoms with van der Waals surface area (Å²) in [7, 11) is 0. The number of hydrogen-bond acceptors (Lipinski definition) is 4. The topological polar surface area (TPSA) is 61.6 Å². The molecule has 0 heterocycles. The molecule has 0 aliphatic heterocycles. The van der Waals surface area contributed by atoms with E-state index in [0.717, 1.165) is 5.56 Å². The van der Waals surface area contributed by atoms with E-state index in [1.807, 2.05) is 13.8 Å². The molecule has 0 aliphatic carbocycles. The van der Waals surface area contributed by atoms with Crippen LogP contribution in [0.5, 0.6) is 5.75 Å². The summed E-state index contributed by atoms with van der Waals surface area (Å²) in [5.41, 5.74) is 0.718. The number of halogens is 1. The van der Waals surface area contributed by atoms with Crippen LogP contribution in [0.15, 0.2) is 18.2 Å². The molecule has 1 aromatic rings. The molecule has 1 aromatic carbocycles. The largest absolute Gasteiger partial charge is 0.484 e. The molecule has 0 saturated heterocycles. The van der Waals surface area contributed by atoms with Crippen LogP contribution in [0.25, 0.3) is 0 Å². The highest BCUT2D eigenvalue weighted by Crippen LogP contribution is 2.28. The van der Waals surface area contributed by atoms with Crippen LogP contribution in [0.4, 0.5) is 5.69 Å². The van der Waals surface area contributed by atoms with Crippen molar-refractivity contribution in [3.8, 4) is 5.75 Å². The number of benzene rings is 1. The van der Waals surface area contributed by atoms with Gasteiger partial charge in [0.05, 0.1) is 17.6 Å². The van der Waals surface area contributed by atoms with Gasteiger partial charge in [-0.05, 0) is 25.5 Å². The summed E-state index contributed by atoms with van der Waals surface area (Å²) in [6, 6.07) is 4.60. The zero-order valence-electron chi connectivity index (χ0n) is 10.4. The molecule has 0 spiro atoms. The molecule has 0 fully saturated rings. The lowest BCUT2D eigenvalue weighted by Gasteiger charge is -2.10. The average Bonchev–Trinajstić information content (AvgIpc) is 2.33. The molecule has 0 amide bonds. The Labute approximate surface area is 111 Å². The van der Waals surface area contributed by atoms with Crippen molar-refractivity contribution >= 4 is 17.3 Å². The molecular weight excluding hydrogens is 258 g/mol. The monoisotopic (exact) mass is 273 g/mol. The van der Waals surface area contributed by atoms with E-state index in [1.54, 1.807) is 12.1 Å². The van der Waals surface area contributed by atoms with E-state index in [-0.39, 0.29) is 30.0 Å². The van der Waals surface area contributed by atoms with Gasteiger partial charge in [0, 0.05) is 11.9 Å². The van der Waals surface area contributed by atoms with Crippen LogP contribution in [0.2, 0.25) is 0 Å². The highest BCUT2D eigenvalue weighted by Gasteiger charge is 2.15. The minimum Gasteiger partial charge on any atom is -0.484 e. The first-order chi connectivity index (χ1) is 8.54. The number of rotatable bonds is 7. The fourth-order valence-electron chi connectivity index (χ4n) is 1.34. The standard InChI is InChI=1S/C12H16ClNO4/c1-9(2)17-5-6-18-12-7-10(8-13)3-4-11(12)14(15)16/h3-4,7,9H,5-6,8H2,1-2H3. The predicted molar refractivity (Wildman–Crippen MR) is 69.2 cm³/mol. The fourth-order valence-corrected chi connectivity index (χ4v) is 1.51. The number of ether oxygens (including phenoxy) is 2. The maximum atomic E-state index is 10.8. The fraction of sp³-hybridized carbons (Fsp3) is 0.500. The first-order valence-corrected chi connectivity index (χ1v) is 6.15. The first kappa shape index (κ1) is 14.7. The van der Waals surface area contributed by atoms with Gasteiger partial charge in [0.15, 0.2) is 5.75 Å². The van der Waals surface area contributed by atoms with Gasteiger partial charge in [-0.3, -0.25) is 10.1 Å². The van der Waals surface area contributed by atoms with E-state index in [1.165, 1.54) is 6.07 Å². The van der Waals surface area contributed by atoms with Gasteiger partial charge in [0.2, 0.25) is 0 Å². The van der Waals surface area contributed by atoms with Crippen LogP contribution < -0.4 is 4.74 Å². The summed E-state index contributed by atoms with van der Waals surface area (Å²) < 4.78 is 10.7. The van der Waals surface area contributed by atoms with Gasteiger partial charge in [-0.1, -0.05) is 6.07 Å². The Kier molecular flexibility index (Phi) is 5.88. The normalized spacial score (nSPS) is 10.7. The van der Waals surface area contributed by atoms with Gasteiger partial charge < -0.3 is 9.47 Å². The summed E-state index contributed by atoms with van der Waals surface area (Å²) in [4.78, 5) is 10.3. The molecule has 0 bridgehead atoms. The molecule has 1 rings (SSSR count). The molecule has 0 aromatic heterocycles. The molecule has 100 valence electrons. The highest BCUT2D eigenvalue weighted by atomic mass is 35.5. The van der Waals surface area contributed by atoms with Crippen molar-refractivity contribution in [3.05, 3.63) is 33.9 Å². The maximum absolute atomic E-state index is 10.8. The van der Waals surface area contributed by atoms with E-state index >= 15 is 0 Å². The number of alkyl halides is 1. The maximum Gasteiger partial charge on any atom is 0.310 e. The Hall–Kier alpha value is -1.33. The predicted octanol–water partition coefficient (Wildman–Crippen LogP) is 3.14. The van der Waals surface area contributed by atoms with Crippen molar-refractivity contribution in [1.29, 1.82) is 0 Å². The third-order valence-electron chi connectivity index (χ3n) is 2.17. The zero-order chi connectivity index (χ0) is 13.5. The van der Waals surface area contributed by atoms with Crippen molar-refractivity contribution in [2.75, 3.05) is 13.2 Å². The third-order valence-corrected chi connectivity index (χ3v) is 2.48. The van der Waals surface area contributed by atoms with E-state index in [4.69, 9.17) is 21.1 Å². The second kappa shape index (κ2) is 7.18. The molecule has 0 N–H and O–H groups in total. The zero-order valence-corrected chi connectivity index (χ0v) is 11.1. The van der Waals surface area contributed by atoms with Gasteiger partial charge in [-0.25, -0.2) is 0 Å². The summed E-state index contributed by atoms with van der Waals surface area (Å²) >= 11 is 5.68. The highest BCUT2D eigenvalue weighted by molar-refractivity contribution is 6.17. The molecule has 0 aliphatic rings. The van der Waals surface area contributed by atoms with Gasteiger partial charge >= 0.3 is 5.69 Å². The summed E-state index contributed by atoms with van der Waals surface area (Å²) in [5.74, 6) is 0.516. The molecule has 0 saturated carbocycles. The van der Waals surface area contributed by atoms with Gasteiger partial charge in [-0.15, -0.1) is 11.6 Å². The van der Waals surface area contributed by atoms with Crippen molar-refractivity contribution in [1.82, 2.24) is 0 Å². The van der Waals surface area contributed by atoms with Gasteiger partial charge in [0.1, 0.15) is 6.61 Å². The average molecular weight is 274 g/mol. The summed E-state index contributed by atoms with van der Waals surface area (Å²) in [6.07, 6.45) is 0.109. The first-order valence-electron chi connectivity index (χ1n) is 5.62. The van der Waals surface area contributed by atoms with Crippen LogP contribution in [-0.2, 0) is 10.6 Å². The van der Waals surface area contributed by atoms with Crippen molar-refractivity contribution in [3.63, 3.8) is 0 Å². The Morgan fingerprint density at radius 1 is 1.39 bits per heavy atom. The lowest BCUT2D eigenvalue weighted by molar-refractivity contribution is -0.385.